The summed E-state index contributed by atoms with van der Waals surface area (Å²) in [5, 5.41) is 10.6. The Hall–Kier alpha value is -2.98. The Bertz CT molecular complexity index is 2010. The quantitative estimate of drug-likeness (QED) is 0.0128. The van der Waals surface area contributed by atoms with Crippen molar-refractivity contribution in [2.75, 3.05) is 39.6 Å². The molecule has 0 saturated carbocycles. The first-order chi connectivity index (χ1) is 46.7. The Kier molecular flexibility index (Phi) is 68.3. The summed E-state index contributed by atoms with van der Waals surface area (Å²) in [7, 11) is -9.93. The minimum Gasteiger partial charge on any atom is -0.462 e. The molecule has 0 heterocycles. The molecular formula is C77H142O17P2. The van der Waals surface area contributed by atoms with Crippen LogP contribution in [-0.4, -0.2) is 96.7 Å². The van der Waals surface area contributed by atoms with Crippen LogP contribution in [-0.2, 0) is 65.4 Å². The van der Waals surface area contributed by atoms with Crippen LogP contribution in [0.5, 0.6) is 0 Å². The third-order valence-electron chi connectivity index (χ3n) is 16.8. The lowest BCUT2D eigenvalue weighted by atomic mass is 10.0. The van der Waals surface area contributed by atoms with Gasteiger partial charge in [0.25, 0.3) is 0 Å². The number of aliphatic hydroxyl groups excluding tert-OH is 1. The Balaban J connectivity index is 5.32. The van der Waals surface area contributed by atoms with E-state index in [1.54, 1.807) is 0 Å². The van der Waals surface area contributed by atoms with Crippen LogP contribution in [0.2, 0.25) is 0 Å². The van der Waals surface area contributed by atoms with Crippen LogP contribution in [0.15, 0.2) is 48.6 Å². The predicted octanol–water partition coefficient (Wildman–Crippen LogP) is 22.1. The average Bonchev–Trinajstić information content (AvgIpc) is 1.14. The van der Waals surface area contributed by atoms with E-state index in [0.29, 0.717) is 25.7 Å². The van der Waals surface area contributed by atoms with Gasteiger partial charge < -0.3 is 33.8 Å². The fourth-order valence-corrected chi connectivity index (χ4v) is 12.4. The third kappa shape index (κ3) is 69.5. The number of esters is 4. The number of phosphoric acid groups is 2. The minimum absolute atomic E-state index is 0.0989. The molecule has 0 aromatic carbocycles. The molecule has 17 nitrogen and oxygen atoms in total. The van der Waals surface area contributed by atoms with Crippen molar-refractivity contribution in [3.05, 3.63) is 48.6 Å². The summed E-state index contributed by atoms with van der Waals surface area (Å²) in [5.74, 6) is -2.17. The molecule has 5 atom stereocenters. The highest BCUT2D eigenvalue weighted by Crippen LogP contribution is 2.45. The summed E-state index contributed by atoms with van der Waals surface area (Å²) < 4.78 is 68.5. The number of phosphoric ester groups is 2. The topological polar surface area (TPSA) is 237 Å². The molecular weight excluding hydrogens is 1260 g/mol. The summed E-state index contributed by atoms with van der Waals surface area (Å²) in [6.45, 7) is 4.86. The van der Waals surface area contributed by atoms with Crippen LogP contribution >= 0.6 is 15.6 Å². The fraction of sp³-hybridized carbons (Fsp3) is 0.844. The van der Waals surface area contributed by atoms with Crippen molar-refractivity contribution >= 4 is 39.5 Å². The van der Waals surface area contributed by atoms with E-state index in [-0.39, 0.29) is 25.7 Å². The molecule has 3 N–H and O–H groups in total. The zero-order chi connectivity index (χ0) is 70.4. The van der Waals surface area contributed by atoms with Gasteiger partial charge in [0.1, 0.15) is 19.3 Å². The van der Waals surface area contributed by atoms with E-state index in [1.165, 1.54) is 148 Å². The molecule has 0 aromatic heterocycles. The number of aliphatic hydroxyl groups is 1. The number of hydrogen-bond acceptors (Lipinski definition) is 15. The van der Waals surface area contributed by atoms with Gasteiger partial charge in [-0.05, 0) is 83.5 Å². The van der Waals surface area contributed by atoms with E-state index in [9.17, 15) is 43.2 Å². The van der Waals surface area contributed by atoms with Gasteiger partial charge in [-0.1, -0.05) is 301 Å². The molecule has 0 rings (SSSR count). The summed E-state index contributed by atoms with van der Waals surface area (Å²) in [6, 6.07) is 0. The highest BCUT2D eigenvalue weighted by molar-refractivity contribution is 7.47. The van der Waals surface area contributed by atoms with Crippen molar-refractivity contribution in [3.8, 4) is 0 Å². The summed E-state index contributed by atoms with van der Waals surface area (Å²) in [5.41, 5.74) is 0. The van der Waals surface area contributed by atoms with Crippen LogP contribution < -0.4 is 0 Å². The van der Waals surface area contributed by atoms with Gasteiger partial charge >= 0.3 is 39.5 Å². The lowest BCUT2D eigenvalue weighted by Crippen LogP contribution is -2.30. The SMILES string of the molecule is CCCCC/C=C\C/C=C\CCCCCCCC(=O)OC[C@H](COP(=O)(O)OC[C@H](O)COP(=O)(O)OC[C@@H](COC(=O)CCCCCCC/C=C\C=C/CCCCCC)OC(=O)CCCCCCCCCCCCCCC)OC(=O)CCCCCCCCCCCCCCC. The Morgan fingerprint density at radius 2 is 0.542 bits per heavy atom. The first-order valence-corrected chi connectivity index (χ1v) is 41.9. The molecule has 0 aliphatic carbocycles. The molecule has 0 fully saturated rings. The molecule has 0 aromatic rings. The number of hydrogen-bond donors (Lipinski definition) is 3. The lowest BCUT2D eigenvalue weighted by Gasteiger charge is -2.21. The molecule has 2 unspecified atom stereocenters. The second kappa shape index (κ2) is 70.5. The van der Waals surface area contributed by atoms with Gasteiger partial charge in [0.05, 0.1) is 26.4 Å². The van der Waals surface area contributed by atoms with Crippen molar-refractivity contribution in [2.45, 2.75) is 380 Å². The van der Waals surface area contributed by atoms with E-state index in [4.69, 9.17) is 37.0 Å². The smallest absolute Gasteiger partial charge is 0.462 e. The van der Waals surface area contributed by atoms with Crippen LogP contribution in [0.4, 0.5) is 0 Å². The maximum absolute atomic E-state index is 13.1. The molecule has 0 radical (unpaired) electrons. The number of carbonyl (C=O) groups is 4. The summed E-state index contributed by atoms with van der Waals surface area (Å²) in [6.07, 6.45) is 66.6. The van der Waals surface area contributed by atoms with Gasteiger partial charge in [-0.25, -0.2) is 9.13 Å². The van der Waals surface area contributed by atoms with Crippen molar-refractivity contribution in [1.29, 1.82) is 0 Å². The monoisotopic (exact) mass is 1400 g/mol. The first kappa shape index (κ1) is 93.0. The van der Waals surface area contributed by atoms with Crippen LogP contribution in [0.1, 0.15) is 362 Å². The van der Waals surface area contributed by atoms with E-state index in [1.807, 2.05) is 0 Å². The normalized spacial score (nSPS) is 14.2. The average molecular weight is 1400 g/mol. The van der Waals surface area contributed by atoms with Gasteiger partial charge in [0.15, 0.2) is 12.2 Å². The van der Waals surface area contributed by atoms with Gasteiger partial charge in [-0.15, -0.1) is 0 Å². The number of ether oxygens (including phenoxy) is 4. The molecule has 0 saturated heterocycles. The molecule has 19 heteroatoms. The van der Waals surface area contributed by atoms with Gasteiger partial charge in [-0.2, -0.15) is 0 Å². The highest BCUT2D eigenvalue weighted by atomic mass is 31.2. The largest absolute Gasteiger partial charge is 0.472 e. The standard InChI is InChI=1S/C77H142O17P2/c1-5-9-13-17-21-25-29-33-35-39-41-45-49-53-57-61-74(79)87-67-72(93-76(81)63-59-55-51-47-43-37-31-27-23-19-15-11-7-3)69-91-95(83,84)89-65-71(78)66-90-96(85,86)92-70-73(94-77(82)64-60-56-52-48-44-38-32-28-24-20-16-12-8-4)68-88-75(80)62-58-54-50-46-42-40-36-34-30-26-22-18-14-10-6-2/h21,25-26,30,33-36,71-73,78H,5-20,22-24,27-29,31-32,37-70H2,1-4H3,(H,83,84)(H,85,86)/b25-21-,30-26-,35-33-,36-34-/t71-,72+,73+/m0/s1. The van der Waals surface area contributed by atoms with Crippen LogP contribution in [0.25, 0.3) is 0 Å². The Morgan fingerprint density at radius 1 is 0.302 bits per heavy atom. The number of unbranched alkanes of at least 4 members (excludes halogenated alkanes) is 41. The zero-order valence-electron chi connectivity index (χ0n) is 61.3. The highest BCUT2D eigenvalue weighted by Gasteiger charge is 2.30. The number of allylic oxidation sites excluding steroid dienone is 8. The third-order valence-corrected chi connectivity index (χ3v) is 18.7. The second-order valence-electron chi connectivity index (χ2n) is 26.3. The second-order valence-corrected chi connectivity index (χ2v) is 29.2. The van der Waals surface area contributed by atoms with E-state index in [2.05, 4.69) is 76.3 Å². The van der Waals surface area contributed by atoms with Crippen molar-refractivity contribution in [2.24, 2.45) is 0 Å². The molecule has 562 valence electrons. The van der Waals surface area contributed by atoms with Crippen molar-refractivity contribution in [1.82, 2.24) is 0 Å². The van der Waals surface area contributed by atoms with Crippen molar-refractivity contribution in [3.63, 3.8) is 0 Å². The predicted molar refractivity (Wildman–Crippen MR) is 390 cm³/mol. The Morgan fingerprint density at radius 3 is 0.865 bits per heavy atom. The molecule has 0 aliphatic rings. The van der Waals surface area contributed by atoms with Gasteiger partial charge in [0.2, 0.25) is 0 Å². The van der Waals surface area contributed by atoms with E-state index < -0.39 is 97.5 Å². The maximum atomic E-state index is 13.1. The summed E-state index contributed by atoms with van der Waals surface area (Å²) >= 11 is 0. The zero-order valence-corrected chi connectivity index (χ0v) is 63.1. The van der Waals surface area contributed by atoms with Crippen molar-refractivity contribution < 1.29 is 80.2 Å². The number of rotatable bonds is 74. The first-order valence-electron chi connectivity index (χ1n) is 38.9. The maximum Gasteiger partial charge on any atom is 0.472 e. The molecule has 96 heavy (non-hydrogen) atoms. The number of carbonyl (C=O) groups excluding carboxylic acids is 4. The summed E-state index contributed by atoms with van der Waals surface area (Å²) in [4.78, 5) is 72.8. The molecule has 0 amide bonds. The molecule has 0 spiro atoms. The lowest BCUT2D eigenvalue weighted by molar-refractivity contribution is -0.161. The van der Waals surface area contributed by atoms with Gasteiger partial charge in [0, 0.05) is 25.7 Å². The van der Waals surface area contributed by atoms with Gasteiger partial charge in [-0.3, -0.25) is 37.3 Å². The van der Waals surface area contributed by atoms with Crippen LogP contribution in [0.3, 0.4) is 0 Å². The molecule has 0 bridgehead atoms. The fourth-order valence-electron chi connectivity index (χ4n) is 10.8. The van der Waals surface area contributed by atoms with Crippen LogP contribution in [0, 0.1) is 0 Å². The minimum atomic E-state index is -4.97. The molecule has 0 aliphatic heterocycles. The Labute approximate surface area is 585 Å². The van der Waals surface area contributed by atoms with E-state index in [0.717, 1.165) is 135 Å². The van der Waals surface area contributed by atoms with E-state index >= 15 is 0 Å².